The lowest BCUT2D eigenvalue weighted by Gasteiger charge is -2.35. The van der Waals surface area contributed by atoms with Crippen LogP contribution in [0.4, 0.5) is 13.2 Å². The van der Waals surface area contributed by atoms with E-state index in [9.17, 15) is 27.6 Å². The summed E-state index contributed by atoms with van der Waals surface area (Å²) in [5, 5.41) is 4.69. The van der Waals surface area contributed by atoms with Crippen LogP contribution in [0.1, 0.15) is 45.2 Å². The summed E-state index contributed by atoms with van der Waals surface area (Å²) in [5.41, 5.74) is 2.97. The second-order valence-electron chi connectivity index (χ2n) is 11.6. The first-order valence-corrected chi connectivity index (χ1v) is 15.7. The molecule has 0 bridgehead atoms. The van der Waals surface area contributed by atoms with Crippen LogP contribution in [-0.2, 0) is 32.6 Å². The summed E-state index contributed by atoms with van der Waals surface area (Å²) < 4.78 is 50.3. The van der Waals surface area contributed by atoms with Gasteiger partial charge in [0, 0.05) is 46.2 Å². The standard InChI is InChI=1S/C34H26BrF3N6O4/c1-19-14-25-28(18-42(19)31(45)22-10-13-27(35)26(16-22)34(36,37)38)44-30(23(17-39-44)15-20-6-4-3-5-7-20)43(32(25)46)24-11-8-21(9-12-24)29-40-33(47)48-41(29)2/h3-13,16-17,19H,14-15,18H2,1-2H3/t19-/m0/s1. The summed E-state index contributed by atoms with van der Waals surface area (Å²) >= 11 is 2.94. The Labute approximate surface area is 278 Å². The van der Waals surface area contributed by atoms with Crippen molar-refractivity contribution in [3.63, 3.8) is 0 Å². The molecule has 1 aliphatic heterocycles. The van der Waals surface area contributed by atoms with Gasteiger partial charge in [-0.2, -0.15) is 28.0 Å². The number of hydrogen-bond donors (Lipinski definition) is 0. The molecule has 1 amide bonds. The highest BCUT2D eigenvalue weighted by atomic mass is 79.9. The maximum Gasteiger partial charge on any atom is 0.460 e. The molecule has 3 aromatic heterocycles. The van der Waals surface area contributed by atoms with Gasteiger partial charge in [-0.15, -0.1) is 0 Å². The summed E-state index contributed by atoms with van der Waals surface area (Å²) in [4.78, 5) is 45.2. The Morgan fingerprint density at radius 2 is 1.77 bits per heavy atom. The third kappa shape index (κ3) is 5.45. The number of aromatic nitrogens is 5. The van der Waals surface area contributed by atoms with Crippen molar-refractivity contribution in [1.82, 2.24) is 28.8 Å². The Bertz CT molecular complexity index is 2320. The fraction of sp³-hybridized carbons (Fsp3) is 0.206. The summed E-state index contributed by atoms with van der Waals surface area (Å²) in [6, 6.07) is 19.6. The molecule has 3 aromatic carbocycles. The first-order chi connectivity index (χ1) is 22.9. The van der Waals surface area contributed by atoms with Crippen LogP contribution < -0.4 is 11.3 Å². The minimum Gasteiger partial charge on any atom is -0.330 e. The monoisotopic (exact) mass is 718 g/mol. The Balaban J connectivity index is 1.36. The molecule has 1 aliphatic rings. The van der Waals surface area contributed by atoms with E-state index in [4.69, 9.17) is 4.52 Å². The van der Waals surface area contributed by atoms with Crippen molar-refractivity contribution in [3.8, 4) is 17.1 Å². The van der Waals surface area contributed by atoms with Gasteiger partial charge in [-0.05, 0) is 61.4 Å². The van der Waals surface area contributed by atoms with Crippen LogP contribution in [-0.4, -0.2) is 40.8 Å². The molecule has 1 atom stereocenters. The Morgan fingerprint density at radius 1 is 1.04 bits per heavy atom. The van der Waals surface area contributed by atoms with Gasteiger partial charge in [0.1, 0.15) is 5.65 Å². The first-order valence-electron chi connectivity index (χ1n) is 14.9. The Morgan fingerprint density at radius 3 is 2.44 bits per heavy atom. The normalized spacial score (nSPS) is 14.8. The van der Waals surface area contributed by atoms with Gasteiger partial charge in [-0.3, -0.25) is 14.2 Å². The summed E-state index contributed by atoms with van der Waals surface area (Å²) in [6.45, 7) is 1.73. The molecule has 14 heteroatoms. The molecule has 0 saturated carbocycles. The van der Waals surface area contributed by atoms with Crippen LogP contribution in [0.2, 0.25) is 0 Å². The average Bonchev–Trinajstić information content (AvgIpc) is 3.62. The van der Waals surface area contributed by atoms with Crippen molar-refractivity contribution >= 4 is 27.5 Å². The third-order valence-electron chi connectivity index (χ3n) is 8.56. The number of carbonyl (C=O) groups excluding carboxylic acids is 1. The van der Waals surface area contributed by atoms with Crippen LogP contribution in [0.3, 0.4) is 0 Å². The molecule has 7 rings (SSSR count). The van der Waals surface area contributed by atoms with E-state index in [2.05, 4.69) is 26.0 Å². The minimum atomic E-state index is -4.65. The van der Waals surface area contributed by atoms with Crippen LogP contribution in [0.25, 0.3) is 22.7 Å². The van der Waals surface area contributed by atoms with Crippen LogP contribution in [0.15, 0.2) is 97.6 Å². The molecule has 0 N–H and O–H groups in total. The van der Waals surface area contributed by atoms with Gasteiger partial charge in [-0.25, -0.2) is 9.31 Å². The summed E-state index contributed by atoms with van der Waals surface area (Å²) in [6.07, 6.45) is -2.35. The summed E-state index contributed by atoms with van der Waals surface area (Å²) in [5.74, 6) is -0.982. The highest BCUT2D eigenvalue weighted by Gasteiger charge is 2.36. The van der Waals surface area contributed by atoms with E-state index in [-0.39, 0.29) is 28.6 Å². The van der Waals surface area contributed by atoms with E-state index in [0.29, 0.717) is 40.4 Å². The van der Waals surface area contributed by atoms with E-state index < -0.39 is 29.4 Å². The number of halogens is 4. The van der Waals surface area contributed by atoms with Crippen molar-refractivity contribution in [2.45, 2.75) is 38.5 Å². The molecule has 4 heterocycles. The average molecular weight is 720 g/mol. The van der Waals surface area contributed by atoms with E-state index >= 15 is 0 Å². The zero-order chi connectivity index (χ0) is 33.9. The number of aryl methyl sites for hydroxylation is 1. The van der Waals surface area contributed by atoms with Crippen molar-refractivity contribution in [3.05, 3.63) is 138 Å². The fourth-order valence-corrected chi connectivity index (χ4v) is 6.69. The second kappa shape index (κ2) is 11.8. The maximum atomic E-state index is 14.4. The number of fused-ring (bicyclic) bond motifs is 3. The largest absolute Gasteiger partial charge is 0.460 e. The summed E-state index contributed by atoms with van der Waals surface area (Å²) in [7, 11) is 1.57. The number of hydrogen-bond acceptors (Lipinski definition) is 6. The predicted molar refractivity (Wildman–Crippen MR) is 173 cm³/mol. The molecule has 0 saturated heterocycles. The van der Waals surface area contributed by atoms with E-state index in [0.717, 1.165) is 17.2 Å². The van der Waals surface area contributed by atoms with Crippen molar-refractivity contribution in [2.75, 3.05) is 0 Å². The van der Waals surface area contributed by atoms with Gasteiger partial charge in [0.05, 0.1) is 29.7 Å². The number of benzene rings is 3. The highest BCUT2D eigenvalue weighted by Crippen LogP contribution is 2.36. The molecular formula is C34H26BrF3N6O4. The smallest absolute Gasteiger partial charge is 0.330 e. The van der Waals surface area contributed by atoms with Crippen LogP contribution in [0.5, 0.6) is 0 Å². The molecule has 0 aliphatic carbocycles. The van der Waals surface area contributed by atoms with Crippen LogP contribution in [0, 0.1) is 0 Å². The zero-order valence-electron chi connectivity index (χ0n) is 25.5. The van der Waals surface area contributed by atoms with E-state index in [1.807, 2.05) is 30.3 Å². The van der Waals surface area contributed by atoms with Crippen molar-refractivity contribution in [1.29, 1.82) is 0 Å². The Kier molecular flexibility index (Phi) is 7.69. The number of carbonyl (C=O) groups is 1. The Hall–Kier alpha value is -5.24. The van der Waals surface area contributed by atoms with E-state index in [1.165, 1.54) is 21.8 Å². The van der Waals surface area contributed by atoms with Gasteiger partial charge in [0.25, 0.3) is 11.5 Å². The number of rotatable bonds is 5. The lowest BCUT2D eigenvalue weighted by atomic mass is 9.97. The maximum absolute atomic E-state index is 14.4. The SMILES string of the molecule is C[C@H]1Cc2c(n3ncc(Cc4ccccc4)c3n(-c3ccc(-c4nc(=O)on4C)cc3)c2=O)CN1C(=O)c1ccc(Br)c(C(F)(F)F)c1. The van der Waals surface area contributed by atoms with Gasteiger partial charge in [-0.1, -0.05) is 46.3 Å². The molecule has 0 spiro atoms. The number of nitrogens with zero attached hydrogens (tertiary/aromatic N) is 6. The molecule has 6 aromatic rings. The lowest BCUT2D eigenvalue weighted by Crippen LogP contribution is -2.46. The highest BCUT2D eigenvalue weighted by molar-refractivity contribution is 9.10. The molecule has 0 unspecified atom stereocenters. The van der Waals surface area contributed by atoms with Gasteiger partial charge in [0.15, 0.2) is 5.82 Å². The molecular weight excluding hydrogens is 693 g/mol. The molecule has 48 heavy (non-hydrogen) atoms. The lowest BCUT2D eigenvalue weighted by molar-refractivity contribution is -0.138. The van der Waals surface area contributed by atoms with Crippen LogP contribution >= 0.6 is 15.9 Å². The van der Waals surface area contributed by atoms with Gasteiger partial charge < -0.3 is 9.42 Å². The topological polar surface area (TPSA) is 108 Å². The fourth-order valence-electron chi connectivity index (χ4n) is 6.22. The second-order valence-corrected chi connectivity index (χ2v) is 12.5. The number of alkyl halides is 3. The van der Waals surface area contributed by atoms with Crippen molar-refractivity contribution in [2.24, 2.45) is 7.05 Å². The third-order valence-corrected chi connectivity index (χ3v) is 9.25. The first kappa shape index (κ1) is 31.4. The predicted octanol–water partition coefficient (Wildman–Crippen LogP) is 5.80. The molecule has 244 valence electrons. The molecule has 0 radical (unpaired) electrons. The molecule has 0 fully saturated rings. The van der Waals surface area contributed by atoms with E-state index in [1.54, 1.807) is 53.5 Å². The zero-order valence-corrected chi connectivity index (χ0v) is 27.1. The molecule has 10 nitrogen and oxygen atoms in total. The van der Waals surface area contributed by atoms with Gasteiger partial charge in [0.2, 0.25) is 0 Å². The minimum absolute atomic E-state index is 0.0368. The quantitative estimate of drug-likeness (QED) is 0.223. The van der Waals surface area contributed by atoms with Crippen molar-refractivity contribution < 1.29 is 22.5 Å². The van der Waals surface area contributed by atoms with Gasteiger partial charge >= 0.3 is 11.9 Å². The number of amides is 1.